The maximum atomic E-state index is 13.1. The number of hydrogen-bond acceptors (Lipinski definition) is 11. The first-order valence-electron chi connectivity index (χ1n) is 24.3. The normalized spacial score (nSPS) is 21.3. The first kappa shape index (κ1) is 57.6. The maximum Gasteiger partial charge on any atom is 0.397 e. The second kappa shape index (κ2) is 37.9. The van der Waals surface area contributed by atoms with E-state index in [1.165, 1.54) is 115 Å². The molecule has 0 aromatic carbocycles. The van der Waals surface area contributed by atoms with Crippen molar-refractivity contribution >= 4 is 16.3 Å². The van der Waals surface area contributed by atoms with Gasteiger partial charge in [0.15, 0.2) is 6.29 Å². The third kappa shape index (κ3) is 30.3. The molecule has 61 heavy (non-hydrogen) atoms. The number of carbonyl (C=O) groups excluding carboxylic acids is 1. The van der Waals surface area contributed by atoms with Crippen molar-refractivity contribution in [2.24, 2.45) is 0 Å². The first-order chi connectivity index (χ1) is 29.4. The molecule has 1 amide bonds. The van der Waals surface area contributed by atoms with E-state index in [9.17, 15) is 43.3 Å². The smallest absolute Gasteiger partial charge is 0.394 e. The molecule has 1 aliphatic rings. The fourth-order valence-electron chi connectivity index (χ4n) is 7.69. The van der Waals surface area contributed by atoms with Gasteiger partial charge in [-0.1, -0.05) is 186 Å². The lowest BCUT2D eigenvalue weighted by molar-refractivity contribution is -0.298. The van der Waals surface area contributed by atoms with Crippen molar-refractivity contribution in [1.29, 1.82) is 0 Å². The largest absolute Gasteiger partial charge is 0.397 e. The van der Waals surface area contributed by atoms with E-state index in [0.717, 1.165) is 64.2 Å². The maximum absolute atomic E-state index is 13.1. The summed E-state index contributed by atoms with van der Waals surface area (Å²) in [6, 6.07) is -1.12. The lowest BCUT2D eigenvalue weighted by Gasteiger charge is -2.41. The molecule has 8 unspecified atom stereocenters. The van der Waals surface area contributed by atoms with Gasteiger partial charge in [0.05, 0.1) is 25.4 Å². The SMILES string of the molecule is CCCCCC/C=C\CCCCCCCCC(O)C(=O)NC(COC1OC(CO)C(O)C(OS(=O)(=O)O)C1O)C(O)/C=C/CCCCCCCCCCCCCCCCCC. The van der Waals surface area contributed by atoms with E-state index < -0.39 is 78.5 Å². The van der Waals surface area contributed by atoms with Gasteiger partial charge in [-0.25, -0.2) is 4.18 Å². The molecular weight excluding hydrogens is 803 g/mol. The third-order valence-electron chi connectivity index (χ3n) is 11.6. The zero-order valence-electron chi connectivity index (χ0n) is 38.1. The second-order valence-electron chi connectivity index (χ2n) is 17.2. The summed E-state index contributed by atoms with van der Waals surface area (Å²) in [5.41, 5.74) is 0. The third-order valence-corrected chi connectivity index (χ3v) is 12.0. The fourth-order valence-corrected chi connectivity index (χ4v) is 8.20. The predicted octanol–water partition coefficient (Wildman–Crippen LogP) is 8.69. The monoisotopic (exact) mass is 892 g/mol. The van der Waals surface area contributed by atoms with Crippen LogP contribution in [-0.2, 0) is 28.9 Å². The predicted molar refractivity (Wildman–Crippen MR) is 242 cm³/mol. The van der Waals surface area contributed by atoms with E-state index in [-0.39, 0.29) is 6.42 Å². The Kier molecular flexibility index (Phi) is 35.7. The number of allylic oxidation sites excluding steroid dienone is 3. The van der Waals surface area contributed by atoms with Crippen LogP contribution in [-0.4, -0.2) is 107 Å². The van der Waals surface area contributed by atoms with Gasteiger partial charge in [-0.3, -0.25) is 9.35 Å². The van der Waals surface area contributed by atoms with Crippen LogP contribution < -0.4 is 5.32 Å². The van der Waals surface area contributed by atoms with Crippen LogP contribution in [0.4, 0.5) is 0 Å². The standard InChI is InChI=1S/C47H89NO12S/c1-3-5-7-9-11-13-15-17-19-20-21-22-24-25-27-29-31-33-35-40(50)39(38-58-47-44(53)45(60-61(55,56)57)43(52)42(37-49)59-47)48-46(54)41(51)36-34-32-30-28-26-23-18-16-14-12-10-8-6-4-2/h14,16,33,35,39-45,47,49-53H,3-13,15,17-32,34,36-38H2,1-2H3,(H,48,54)(H,55,56,57)/b16-14-,35-33+. The lowest BCUT2D eigenvalue weighted by Crippen LogP contribution is -2.61. The average molecular weight is 892 g/mol. The summed E-state index contributed by atoms with van der Waals surface area (Å²) >= 11 is 0. The number of unbranched alkanes of at least 4 members (excludes halogenated alkanes) is 26. The van der Waals surface area contributed by atoms with E-state index in [2.05, 4.69) is 35.5 Å². The van der Waals surface area contributed by atoms with Crippen molar-refractivity contribution in [3.05, 3.63) is 24.3 Å². The van der Waals surface area contributed by atoms with Crippen molar-refractivity contribution in [2.75, 3.05) is 13.2 Å². The number of ether oxygens (including phenoxy) is 2. The molecule has 0 saturated carbocycles. The van der Waals surface area contributed by atoms with Crippen LogP contribution in [0.25, 0.3) is 0 Å². The average Bonchev–Trinajstić information content (AvgIpc) is 3.23. The molecule has 1 fully saturated rings. The number of rotatable bonds is 41. The van der Waals surface area contributed by atoms with Crippen molar-refractivity contribution < 1.29 is 57.0 Å². The fraction of sp³-hybridized carbons (Fsp3) is 0.894. The minimum absolute atomic E-state index is 0.237. The Morgan fingerprint density at radius 3 is 1.54 bits per heavy atom. The van der Waals surface area contributed by atoms with Crippen LogP contribution in [0, 0.1) is 0 Å². The number of aliphatic hydroxyl groups is 5. The Hall–Kier alpha value is -1.46. The Morgan fingerprint density at radius 2 is 1.08 bits per heavy atom. The molecule has 0 aromatic heterocycles. The summed E-state index contributed by atoms with van der Waals surface area (Å²) in [5.74, 6) is -0.707. The van der Waals surface area contributed by atoms with Crippen molar-refractivity contribution in [2.45, 2.75) is 255 Å². The molecule has 13 nitrogen and oxygen atoms in total. The van der Waals surface area contributed by atoms with Gasteiger partial charge >= 0.3 is 10.4 Å². The zero-order chi connectivity index (χ0) is 45.0. The highest BCUT2D eigenvalue weighted by Crippen LogP contribution is 2.26. The number of amides is 1. The number of nitrogens with one attached hydrogen (secondary N) is 1. The zero-order valence-corrected chi connectivity index (χ0v) is 38.9. The van der Waals surface area contributed by atoms with Crippen LogP contribution in [0.2, 0.25) is 0 Å². The minimum atomic E-state index is -5.12. The molecule has 7 N–H and O–H groups in total. The van der Waals surface area contributed by atoms with Crippen LogP contribution in [0.5, 0.6) is 0 Å². The van der Waals surface area contributed by atoms with Gasteiger partial charge in [0, 0.05) is 0 Å². The topological polar surface area (TPSA) is 212 Å². The molecule has 14 heteroatoms. The Bertz CT molecular complexity index is 1200. The van der Waals surface area contributed by atoms with Crippen LogP contribution in [0.1, 0.15) is 206 Å². The summed E-state index contributed by atoms with van der Waals surface area (Å²) < 4.78 is 47.5. The molecule has 8 atom stereocenters. The summed E-state index contributed by atoms with van der Waals surface area (Å²) in [7, 11) is -5.12. The number of hydrogen-bond donors (Lipinski definition) is 7. The van der Waals surface area contributed by atoms with Gasteiger partial charge in [0.2, 0.25) is 5.91 Å². The molecule has 0 aliphatic carbocycles. The molecule has 0 bridgehead atoms. The quantitative estimate of drug-likeness (QED) is 0.0175. The van der Waals surface area contributed by atoms with Crippen molar-refractivity contribution in [1.82, 2.24) is 5.32 Å². The first-order valence-corrected chi connectivity index (χ1v) is 25.7. The van der Waals surface area contributed by atoms with Crippen molar-refractivity contribution in [3.63, 3.8) is 0 Å². The number of aliphatic hydroxyl groups excluding tert-OH is 5. The van der Waals surface area contributed by atoms with Gasteiger partial charge in [0.1, 0.15) is 30.5 Å². The Labute approximate surface area is 370 Å². The molecule has 1 saturated heterocycles. The summed E-state index contributed by atoms with van der Waals surface area (Å²) in [4.78, 5) is 13.1. The second-order valence-corrected chi connectivity index (χ2v) is 18.2. The molecule has 1 aliphatic heterocycles. The highest BCUT2D eigenvalue weighted by molar-refractivity contribution is 7.80. The van der Waals surface area contributed by atoms with Gasteiger partial charge in [-0.2, -0.15) is 8.42 Å². The van der Waals surface area contributed by atoms with E-state index in [1.54, 1.807) is 0 Å². The van der Waals surface area contributed by atoms with Crippen molar-refractivity contribution in [3.8, 4) is 0 Å². The Balaban J connectivity index is 2.57. The van der Waals surface area contributed by atoms with E-state index >= 15 is 0 Å². The molecule has 1 heterocycles. The molecule has 0 spiro atoms. The van der Waals surface area contributed by atoms with E-state index in [0.29, 0.717) is 12.8 Å². The Morgan fingerprint density at radius 1 is 0.656 bits per heavy atom. The van der Waals surface area contributed by atoms with Crippen LogP contribution in [0.15, 0.2) is 24.3 Å². The summed E-state index contributed by atoms with van der Waals surface area (Å²) in [5, 5.41) is 55.2. The van der Waals surface area contributed by atoms with E-state index in [1.807, 2.05) is 6.08 Å². The number of carbonyl (C=O) groups is 1. The lowest BCUT2D eigenvalue weighted by atomic mass is 9.99. The van der Waals surface area contributed by atoms with Crippen LogP contribution >= 0.6 is 0 Å². The van der Waals surface area contributed by atoms with Gasteiger partial charge in [0.25, 0.3) is 0 Å². The summed E-state index contributed by atoms with van der Waals surface area (Å²) in [6.07, 6.45) is 31.1. The van der Waals surface area contributed by atoms with Gasteiger partial charge < -0.3 is 40.3 Å². The molecule has 360 valence electrons. The molecular formula is C47H89NO12S. The molecule has 0 aromatic rings. The van der Waals surface area contributed by atoms with Gasteiger partial charge in [-0.15, -0.1) is 0 Å². The molecule has 0 radical (unpaired) electrons. The highest BCUT2D eigenvalue weighted by Gasteiger charge is 2.48. The molecule has 1 rings (SSSR count). The summed E-state index contributed by atoms with van der Waals surface area (Å²) in [6.45, 7) is 3.21. The highest BCUT2D eigenvalue weighted by atomic mass is 32.3. The van der Waals surface area contributed by atoms with Gasteiger partial charge in [-0.05, 0) is 44.9 Å². The van der Waals surface area contributed by atoms with E-state index in [4.69, 9.17) is 9.47 Å². The van der Waals surface area contributed by atoms with Crippen LogP contribution in [0.3, 0.4) is 0 Å². The minimum Gasteiger partial charge on any atom is -0.394 e.